The highest BCUT2D eigenvalue weighted by Gasteiger charge is 2.49. The standard InChI is InChI=1S/C32H34F3N5O3/c1-2-22-25(34)5-4-19-10-21(42)11-23(26(19)22)28-27(35)29-24(13-36-28)30(39-9-6-18(14-39)16-41)38-31(37-29)43-17-32-7-3-8-40(32)15-20(33)12-32/h4-5,10-11,13,18,20,41-42H,2-3,6-9,12,14-17H2,1H3/t18-,20-,32+/m1/s1. The number of halogens is 3. The maximum absolute atomic E-state index is 16.6. The Labute approximate surface area is 247 Å². The van der Waals surface area contributed by atoms with E-state index in [9.17, 15) is 19.0 Å². The second-order valence-corrected chi connectivity index (χ2v) is 12.1. The average molecular weight is 594 g/mol. The largest absolute Gasteiger partial charge is 0.508 e. The first-order valence-electron chi connectivity index (χ1n) is 15.0. The highest BCUT2D eigenvalue weighted by atomic mass is 19.1. The van der Waals surface area contributed by atoms with E-state index in [2.05, 4.69) is 14.9 Å². The zero-order valence-corrected chi connectivity index (χ0v) is 24.0. The minimum Gasteiger partial charge on any atom is -0.508 e. The Balaban J connectivity index is 1.37. The topological polar surface area (TPSA) is 94.8 Å². The Morgan fingerprint density at radius 1 is 1.14 bits per heavy atom. The molecule has 3 aliphatic heterocycles. The molecule has 0 unspecified atom stereocenters. The van der Waals surface area contributed by atoms with Gasteiger partial charge < -0.3 is 19.8 Å². The Morgan fingerprint density at radius 3 is 2.79 bits per heavy atom. The number of alkyl halides is 1. The molecule has 5 heterocycles. The van der Waals surface area contributed by atoms with E-state index in [0.29, 0.717) is 60.0 Å². The summed E-state index contributed by atoms with van der Waals surface area (Å²) in [5.74, 6) is -0.755. The number of pyridine rings is 1. The molecule has 2 N–H and O–H groups in total. The van der Waals surface area contributed by atoms with E-state index in [1.165, 1.54) is 24.4 Å². The summed E-state index contributed by atoms with van der Waals surface area (Å²) in [5.41, 5.74) is 0.137. The molecule has 3 aliphatic rings. The summed E-state index contributed by atoms with van der Waals surface area (Å²) in [6, 6.07) is 5.79. The fraction of sp³-hybridized carbons (Fsp3) is 0.469. The van der Waals surface area contributed by atoms with Crippen LogP contribution in [0.4, 0.5) is 19.0 Å². The first kappa shape index (κ1) is 28.1. The third kappa shape index (κ3) is 4.73. The molecule has 0 amide bonds. The summed E-state index contributed by atoms with van der Waals surface area (Å²) < 4.78 is 52.1. The van der Waals surface area contributed by atoms with Crippen LogP contribution in [-0.4, -0.2) is 81.2 Å². The number of aromatic nitrogens is 3. The first-order valence-corrected chi connectivity index (χ1v) is 15.0. The lowest BCUT2D eigenvalue weighted by Crippen LogP contribution is -2.43. The molecule has 0 radical (unpaired) electrons. The van der Waals surface area contributed by atoms with Gasteiger partial charge in [0.1, 0.15) is 41.4 Å². The van der Waals surface area contributed by atoms with Crippen molar-refractivity contribution in [2.75, 3.05) is 44.3 Å². The molecule has 0 bridgehead atoms. The highest BCUT2D eigenvalue weighted by Crippen LogP contribution is 2.42. The van der Waals surface area contributed by atoms with Crippen LogP contribution in [0.15, 0.2) is 30.5 Å². The van der Waals surface area contributed by atoms with Gasteiger partial charge in [-0.15, -0.1) is 0 Å². The van der Waals surface area contributed by atoms with Crippen molar-refractivity contribution in [3.8, 4) is 23.0 Å². The summed E-state index contributed by atoms with van der Waals surface area (Å²) in [6.07, 6.45) is 3.84. The van der Waals surface area contributed by atoms with E-state index in [1.807, 2.05) is 11.8 Å². The van der Waals surface area contributed by atoms with Crippen molar-refractivity contribution in [1.82, 2.24) is 19.9 Å². The number of nitrogens with zero attached hydrogens (tertiary/aromatic N) is 5. The zero-order valence-electron chi connectivity index (χ0n) is 24.0. The van der Waals surface area contributed by atoms with Crippen LogP contribution in [0.3, 0.4) is 0 Å². The van der Waals surface area contributed by atoms with Crippen molar-refractivity contribution in [2.45, 2.75) is 50.7 Å². The summed E-state index contributed by atoms with van der Waals surface area (Å²) in [5, 5.41) is 21.7. The molecule has 2 aromatic carbocycles. The van der Waals surface area contributed by atoms with Crippen molar-refractivity contribution < 1.29 is 28.1 Å². The van der Waals surface area contributed by atoms with Gasteiger partial charge in [0.05, 0.1) is 10.9 Å². The molecule has 2 aromatic heterocycles. The van der Waals surface area contributed by atoms with Crippen LogP contribution in [0.2, 0.25) is 0 Å². The van der Waals surface area contributed by atoms with Gasteiger partial charge in [-0.2, -0.15) is 9.97 Å². The van der Waals surface area contributed by atoms with Crippen molar-refractivity contribution in [3.05, 3.63) is 47.7 Å². The molecular formula is C32H34F3N5O3. The van der Waals surface area contributed by atoms with E-state index in [0.717, 1.165) is 25.8 Å². The predicted molar refractivity (Wildman–Crippen MR) is 157 cm³/mol. The molecule has 0 aliphatic carbocycles. The van der Waals surface area contributed by atoms with E-state index in [-0.39, 0.29) is 47.7 Å². The van der Waals surface area contributed by atoms with Gasteiger partial charge >= 0.3 is 6.01 Å². The van der Waals surface area contributed by atoms with E-state index >= 15 is 4.39 Å². The second-order valence-electron chi connectivity index (χ2n) is 12.1. The number of hydrogen-bond acceptors (Lipinski definition) is 8. The van der Waals surface area contributed by atoms with Gasteiger partial charge in [0.15, 0.2) is 5.82 Å². The quantitative estimate of drug-likeness (QED) is 0.303. The van der Waals surface area contributed by atoms with Gasteiger partial charge in [-0.3, -0.25) is 9.88 Å². The normalized spacial score (nSPS) is 24.0. The van der Waals surface area contributed by atoms with Gasteiger partial charge in [-0.05, 0) is 66.8 Å². The summed E-state index contributed by atoms with van der Waals surface area (Å²) in [6.45, 7) is 4.37. The minimum absolute atomic E-state index is 0.0149. The van der Waals surface area contributed by atoms with Crippen molar-refractivity contribution >= 4 is 27.5 Å². The van der Waals surface area contributed by atoms with Crippen molar-refractivity contribution in [2.24, 2.45) is 5.92 Å². The number of aliphatic hydroxyl groups is 1. The number of aromatic hydroxyl groups is 1. The lowest BCUT2D eigenvalue weighted by molar-refractivity contribution is 0.107. The summed E-state index contributed by atoms with van der Waals surface area (Å²) in [4.78, 5) is 17.8. The molecule has 0 saturated carbocycles. The van der Waals surface area contributed by atoms with Crippen LogP contribution in [0.1, 0.15) is 38.2 Å². The average Bonchev–Trinajstić information content (AvgIpc) is 3.70. The van der Waals surface area contributed by atoms with Crippen LogP contribution < -0.4 is 9.64 Å². The summed E-state index contributed by atoms with van der Waals surface area (Å²) in [7, 11) is 0. The van der Waals surface area contributed by atoms with Crippen LogP contribution in [0.25, 0.3) is 32.9 Å². The number of benzene rings is 2. The molecule has 7 rings (SSSR count). The fourth-order valence-corrected chi connectivity index (χ4v) is 7.37. The number of anilines is 1. The number of aliphatic hydroxyl groups excluding tert-OH is 1. The van der Waals surface area contributed by atoms with Gasteiger partial charge in [0, 0.05) is 50.3 Å². The van der Waals surface area contributed by atoms with Gasteiger partial charge in [-0.1, -0.05) is 13.0 Å². The van der Waals surface area contributed by atoms with Crippen LogP contribution in [0.5, 0.6) is 11.8 Å². The minimum atomic E-state index is -0.918. The van der Waals surface area contributed by atoms with Crippen LogP contribution in [0, 0.1) is 17.6 Å². The number of phenolic OH excluding ortho intramolecular Hbond substituents is 1. The number of aryl methyl sites for hydroxylation is 1. The molecule has 226 valence electrons. The van der Waals surface area contributed by atoms with Crippen molar-refractivity contribution in [3.63, 3.8) is 0 Å². The number of fused-ring (bicyclic) bond motifs is 3. The fourth-order valence-electron chi connectivity index (χ4n) is 7.37. The molecule has 3 atom stereocenters. The third-order valence-corrected chi connectivity index (χ3v) is 9.48. The number of hydrogen-bond donors (Lipinski definition) is 2. The Hall–Kier alpha value is -3.70. The lowest BCUT2D eigenvalue weighted by atomic mass is 9.94. The second kappa shape index (κ2) is 10.8. The number of ether oxygens (including phenoxy) is 1. The molecule has 3 saturated heterocycles. The molecule has 43 heavy (non-hydrogen) atoms. The van der Waals surface area contributed by atoms with Gasteiger partial charge in [-0.25, -0.2) is 13.2 Å². The van der Waals surface area contributed by atoms with Crippen molar-refractivity contribution in [1.29, 1.82) is 0 Å². The maximum Gasteiger partial charge on any atom is 0.319 e. The zero-order chi connectivity index (χ0) is 29.9. The molecule has 11 heteroatoms. The smallest absolute Gasteiger partial charge is 0.319 e. The Morgan fingerprint density at radius 2 is 2.00 bits per heavy atom. The Kier molecular flexibility index (Phi) is 7.04. The molecular weight excluding hydrogens is 559 g/mol. The monoisotopic (exact) mass is 593 g/mol. The van der Waals surface area contributed by atoms with Crippen LogP contribution >= 0.6 is 0 Å². The maximum atomic E-state index is 16.6. The van der Waals surface area contributed by atoms with Gasteiger partial charge in [0.2, 0.25) is 0 Å². The highest BCUT2D eigenvalue weighted by molar-refractivity contribution is 6.01. The molecule has 0 spiro atoms. The van der Waals surface area contributed by atoms with E-state index < -0.39 is 23.3 Å². The van der Waals surface area contributed by atoms with Crippen LogP contribution in [-0.2, 0) is 6.42 Å². The molecule has 3 fully saturated rings. The molecule has 8 nitrogen and oxygen atoms in total. The Bertz CT molecular complexity index is 1720. The first-order chi connectivity index (χ1) is 20.8. The summed E-state index contributed by atoms with van der Waals surface area (Å²) >= 11 is 0. The van der Waals surface area contributed by atoms with E-state index in [4.69, 9.17) is 9.72 Å². The van der Waals surface area contributed by atoms with E-state index in [1.54, 1.807) is 6.07 Å². The predicted octanol–water partition coefficient (Wildman–Crippen LogP) is 5.17. The SMILES string of the molecule is CCc1c(F)ccc2cc(O)cc(-c3ncc4c(N5CC[C@@H](CO)C5)nc(OC[C@@]56CCCN5C[C@H](F)C6)nc4c3F)c12. The van der Waals surface area contributed by atoms with Gasteiger partial charge in [0.25, 0.3) is 0 Å². The number of phenols is 1. The molecule has 4 aromatic rings. The third-order valence-electron chi connectivity index (χ3n) is 9.48. The number of rotatable bonds is 7. The lowest BCUT2D eigenvalue weighted by Gasteiger charge is -2.31.